The van der Waals surface area contributed by atoms with Crippen LogP contribution < -0.4 is 0 Å². The topological polar surface area (TPSA) is 164 Å². The van der Waals surface area contributed by atoms with Gasteiger partial charge in [0.05, 0.1) is 17.2 Å². The number of hydrogen-bond acceptors (Lipinski definition) is 5. The van der Waals surface area contributed by atoms with Crippen molar-refractivity contribution in [1.29, 1.82) is 0 Å². The van der Waals surface area contributed by atoms with E-state index < -0.39 is 29.7 Å². The predicted molar refractivity (Wildman–Crippen MR) is 70.0 cm³/mol. The zero-order valence-corrected chi connectivity index (χ0v) is 10.7. The van der Waals surface area contributed by atoms with Gasteiger partial charge in [-0.3, -0.25) is 0 Å². The van der Waals surface area contributed by atoms with E-state index in [4.69, 9.17) is 15.7 Å². The molecule has 0 saturated carbocycles. The number of carboxylic acids is 2. The molecular formula is C12H13N3O6. The number of carbonyl (C=O) groups is 2. The lowest BCUT2D eigenvalue weighted by molar-refractivity contribution is 0.0141. The second kappa shape index (κ2) is 7.25. The Morgan fingerprint density at radius 3 is 2.43 bits per heavy atom. The number of azide groups is 1. The molecule has 0 saturated heterocycles. The summed E-state index contributed by atoms with van der Waals surface area (Å²) < 4.78 is 0. The summed E-state index contributed by atoms with van der Waals surface area (Å²) in [6.07, 6.45) is -2.94. The van der Waals surface area contributed by atoms with Gasteiger partial charge in [0.1, 0.15) is 6.10 Å². The van der Waals surface area contributed by atoms with Crippen LogP contribution in [0.2, 0.25) is 0 Å². The lowest BCUT2D eigenvalue weighted by atomic mass is 9.95. The van der Waals surface area contributed by atoms with Crippen LogP contribution in [0.25, 0.3) is 10.4 Å². The van der Waals surface area contributed by atoms with E-state index in [2.05, 4.69) is 10.0 Å². The Morgan fingerprint density at radius 2 is 1.90 bits per heavy atom. The molecule has 112 valence electrons. The van der Waals surface area contributed by atoms with Crippen molar-refractivity contribution < 1.29 is 30.0 Å². The Labute approximate surface area is 118 Å². The van der Waals surface area contributed by atoms with Gasteiger partial charge < -0.3 is 20.4 Å². The number of aromatic carboxylic acids is 2. The molecule has 0 aliphatic heterocycles. The minimum atomic E-state index is -1.53. The molecule has 0 aliphatic rings. The summed E-state index contributed by atoms with van der Waals surface area (Å²) in [4.78, 5) is 24.4. The number of carboxylic acid groups (broad SMARTS) is 2. The van der Waals surface area contributed by atoms with Gasteiger partial charge in [0, 0.05) is 11.5 Å². The normalized spacial score (nSPS) is 13.0. The summed E-state index contributed by atoms with van der Waals surface area (Å²) in [6.45, 7) is -0.0651. The second-order valence-corrected chi connectivity index (χ2v) is 4.17. The van der Waals surface area contributed by atoms with Gasteiger partial charge in [-0.15, -0.1) is 0 Å². The van der Waals surface area contributed by atoms with E-state index in [1.165, 1.54) is 0 Å². The Morgan fingerprint density at radius 1 is 1.24 bits per heavy atom. The fourth-order valence-electron chi connectivity index (χ4n) is 1.73. The molecule has 2 unspecified atom stereocenters. The molecule has 1 aromatic rings. The average Bonchev–Trinajstić information content (AvgIpc) is 2.45. The lowest BCUT2D eigenvalue weighted by Gasteiger charge is -2.19. The molecule has 0 aliphatic carbocycles. The third-order valence-corrected chi connectivity index (χ3v) is 2.80. The van der Waals surface area contributed by atoms with Crippen molar-refractivity contribution >= 4 is 11.9 Å². The SMILES string of the molecule is [N-]=[N+]=NCCC(O)C(O)c1ccc(C(=O)O)cc1C(=O)O. The Hall–Kier alpha value is -2.61. The van der Waals surface area contributed by atoms with Crippen LogP contribution >= 0.6 is 0 Å². The third-order valence-electron chi connectivity index (χ3n) is 2.80. The molecule has 1 aromatic carbocycles. The quantitative estimate of drug-likeness (QED) is 0.335. The Kier molecular flexibility index (Phi) is 5.67. The molecule has 21 heavy (non-hydrogen) atoms. The van der Waals surface area contributed by atoms with Gasteiger partial charge in [-0.2, -0.15) is 0 Å². The molecule has 0 aromatic heterocycles. The van der Waals surface area contributed by atoms with Crippen molar-refractivity contribution in [3.05, 3.63) is 45.3 Å². The van der Waals surface area contributed by atoms with Gasteiger partial charge in [-0.1, -0.05) is 11.2 Å². The van der Waals surface area contributed by atoms with Crippen molar-refractivity contribution in [2.24, 2.45) is 5.11 Å². The molecule has 0 heterocycles. The lowest BCUT2D eigenvalue weighted by Crippen LogP contribution is -2.21. The predicted octanol–water partition coefficient (Wildman–Crippen LogP) is 1.18. The fourth-order valence-corrected chi connectivity index (χ4v) is 1.73. The smallest absolute Gasteiger partial charge is 0.336 e. The van der Waals surface area contributed by atoms with Crippen molar-refractivity contribution in [2.75, 3.05) is 6.54 Å². The van der Waals surface area contributed by atoms with Crippen molar-refractivity contribution in [3.8, 4) is 0 Å². The molecule has 9 nitrogen and oxygen atoms in total. The first kappa shape index (κ1) is 16.4. The van der Waals surface area contributed by atoms with Crippen LogP contribution in [-0.4, -0.2) is 45.0 Å². The molecule has 0 radical (unpaired) electrons. The average molecular weight is 295 g/mol. The molecule has 0 fully saturated rings. The zero-order chi connectivity index (χ0) is 16.0. The summed E-state index contributed by atoms with van der Waals surface area (Å²) >= 11 is 0. The van der Waals surface area contributed by atoms with Gasteiger partial charge in [0.15, 0.2) is 0 Å². The second-order valence-electron chi connectivity index (χ2n) is 4.17. The molecule has 0 spiro atoms. The molecule has 0 bridgehead atoms. The van der Waals surface area contributed by atoms with E-state index in [0.29, 0.717) is 0 Å². The van der Waals surface area contributed by atoms with Crippen LogP contribution in [0.4, 0.5) is 0 Å². The molecule has 9 heteroatoms. The monoisotopic (exact) mass is 295 g/mol. The highest BCUT2D eigenvalue weighted by Crippen LogP contribution is 2.24. The number of aliphatic hydroxyl groups is 2. The third kappa shape index (κ3) is 4.18. The van der Waals surface area contributed by atoms with Crippen LogP contribution in [0.3, 0.4) is 0 Å². The van der Waals surface area contributed by atoms with Crippen LogP contribution in [0, 0.1) is 0 Å². The summed E-state index contributed by atoms with van der Waals surface area (Å²) in [5.74, 6) is -2.73. The van der Waals surface area contributed by atoms with Crippen LogP contribution in [0.15, 0.2) is 23.3 Å². The standard InChI is InChI=1S/C12H13N3O6/c13-15-14-4-3-9(16)10(17)7-2-1-6(11(18)19)5-8(7)12(20)21/h1-2,5,9-10,16-17H,3-4H2,(H,18,19)(H,20,21). The summed E-state index contributed by atoms with van der Waals surface area (Å²) in [5, 5.41) is 40.8. The highest BCUT2D eigenvalue weighted by atomic mass is 16.4. The number of rotatable bonds is 7. The first-order valence-corrected chi connectivity index (χ1v) is 5.86. The van der Waals surface area contributed by atoms with E-state index in [9.17, 15) is 19.8 Å². The number of hydrogen-bond donors (Lipinski definition) is 4. The fraction of sp³-hybridized carbons (Fsp3) is 0.333. The van der Waals surface area contributed by atoms with Gasteiger partial charge in [0.2, 0.25) is 0 Å². The van der Waals surface area contributed by atoms with E-state index in [1.807, 2.05) is 0 Å². The molecule has 4 N–H and O–H groups in total. The maximum absolute atomic E-state index is 11.1. The number of benzene rings is 1. The van der Waals surface area contributed by atoms with Crippen LogP contribution in [-0.2, 0) is 0 Å². The van der Waals surface area contributed by atoms with Gasteiger partial charge >= 0.3 is 11.9 Å². The van der Waals surface area contributed by atoms with Crippen molar-refractivity contribution in [1.82, 2.24) is 0 Å². The Balaban J connectivity index is 3.07. The van der Waals surface area contributed by atoms with Crippen LogP contribution in [0.1, 0.15) is 38.8 Å². The van der Waals surface area contributed by atoms with E-state index in [-0.39, 0.29) is 24.1 Å². The Bertz CT molecular complexity index is 597. The molecular weight excluding hydrogens is 282 g/mol. The highest BCUT2D eigenvalue weighted by molar-refractivity contribution is 5.95. The molecule has 1 rings (SSSR count). The summed E-state index contributed by atoms with van der Waals surface area (Å²) in [6, 6.07) is 3.17. The zero-order valence-electron chi connectivity index (χ0n) is 10.7. The summed E-state index contributed by atoms with van der Waals surface area (Å²) in [7, 11) is 0. The molecule has 2 atom stereocenters. The van der Waals surface area contributed by atoms with E-state index in [0.717, 1.165) is 18.2 Å². The minimum Gasteiger partial charge on any atom is -0.478 e. The van der Waals surface area contributed by atoms with Crippen LogP contribution in [0.5, 0.6) is 0 Å². The largest absolute Gasteiger partial charge is 0.478 e. The van der Waals surface area contributed by atoms with Gasteiger partial charge in [-0.05, 0) is 29.6 Å². The maximum atomic E-state index is 11.1. The van der Waals surface area contributed by atoms with Crippen molar-refractivity contribution in [2.45, 2.75) is 18.6 Å². The van der Waals surface area contributed by atoms with Crippen molar-refractivity contribution in [3.63, 3.8) is 0 Å². The summed E-state index contributed by atoms with van der Waals surface area (Å²) in [5.41, 5.74) is 7.35. The van der Waals surface area contributed by atoms with E-state index >= 15 is 0 Å². The van der Waals surface area contributed by atoms with Gasteiger partial charge in [-0.25, -0.2) is 9.59 Å². The minimum absolute atomic E-state index is 0.0645. The molecule has 0 amide bonds. The number of aliphatic hydroxyl groups excluding tert-OH is 2. The van der Waals surface area contributed by atoms with E-state index in [1.54, 1.807) is 0 Å². The first-order valence-electron chi connectivity index (χ1n) is 5.86. The number of nitrogens with zero attached hydrogens (tertiary/aromatic N) is 3. The van der Waals surface area contributed by atoms with Gasteiger partial charge in [0.25, 0.3) is 0 Å². The highest BCUT2D eigenvalue weighted by Gasteiger charge is 2.24. The first-order chi connectivity index (χ1) is 9.88. The maximum Gasteiger partial charge on any atom is 0.336 e.